The molecular formula is C6H6BNO. The van der Waals surface area contributed by atoms with Crippen LogP contribution in [0, 0.1) is 0 Å². The molecule has 1 aromatic rings. The Morgan fingerprint density at radius 1 is 1.22 bits per heavy atom. The van der Waals surface area contributed by atoms with Gasteiger partial charge in [-0.1, -0.05) is 0 Å². The smallest absolute Gasteiger partial charge is 0.222 e. The van der Waals surface area contributed by atoms with Crippen LogP contribution in [0.3, 0.4) is 0 Å². The molecule has 0 aliphatic carbocycles. The lowest BCUT2D eigenvalue weighted by Gasteiger charge is -1.97. The van der Waals surface area contributed by atoms with E-state index in [-0.39, 0.29) is 5.75 Å². The zero-order chi connectivity index (χ0) is 6.69. The van der Waals surface area contributed by atoms with E-state index in [1.807, 2.05) is 0 Å². The molecule has 0 aliphatic heterocycles. The minimum atomic E-state index is 0.244. The SMILES string of the molecule is [B]Nc1ccc(O)cc1. The zero-order valence-electron chi connectivity index (χ0n) is 4.83. The first kappa shape index (κ1) is 6.01. The van der Waals surface area contributed by atoms with Crippen molar-refractivity contribution in [1.82, 2.24) is 0 Å². The summed E-state index contributed by atoms with van der Waals surface area (Å²) in [6.45, 7) is 0. The van der Waals surface area contributed by atoms with E-state index in [1.165, 1.54) is 0 Å². The molecule has 0 atom stereocenters. The number of hydrogen-bond acceptors (Lipinski definition) is 2. The third-order valence-corrected chi connectivity index (χ3v) is 1.03. The molecule has 0 saturated heterocycles. The Kier molecular flexibility index (Phi) is 1.63. The molecule has 1 aromatic carbocycles. The van der Waals surface area contributed by atoms with Crippen molar-refractivity contribution in [3.63, 3.8) is 0 Å². The summed E-state index contributed by atoms with van der Waals surface area (Å²) >= 11 is 0. The van der Waals surface area contributed by atoms with Crippen LogP contribution in [-0.2, 0) is 0 Å². The number of hydrogen-bond donors (Lipinski definition) is 2. The van der Waals surface area contributed by atoms with Gasteiger partial charge in [0.15, 0.2) is 0 Å². The van der Waals surface area contributed by atoms with E-state index >= 15 is 0 Å². The third kappa shape index (κ3) is 1.39. The van der Waals surface area contributed by atoms with Crippen LogP contribution in [0.2, 0.25) is 0 Å². The minimum absolute atomic E-state index is 0.244. The first-order valence-corrected chi connectivity index (χ1v) is 2.58. The molecule has 1 rings (SSSR count). The van der Waals surface area contributed by atoms with Gasteiger partial charge in [-0.25, -0.2) is 0 Å². The van der Waals surface area contributed by atoms with Gasteiger partial charge in [0.25, 0.3) is 0 Å². The van der Waals surface area contributed by atoms with Gasteiger partial charge in [-0.2, -0.15) is 0 Å². The number of rotatable bonds is 1. The molecule has 0 spiro atoms. The van der Waals surface area contributed by atoms with Crippen LogP contribution in [-0.4, -0.2) is 13.1 Å². The van der Waals surface area contributed by atoms with Gasteiger partial charge in [0.1, 0.15) is 5.75 Å². The molecule has 0 saturated carbocycles. The standard InChI is InChI=1S/C6H6BNO/c7-8-5-1-3-6(9)4-2-5/h1-4,8-9H. The topological polar surface area (TPSA) is 32.3 Å². The van der Waals surface area contributed by atoms with Gasteiger partial charge in [0.05, 0.1) is 0 Å². The maximum atomic E-state index is 8.78. The van der Waals surface area contributed by atoms with Crippen LogP contribution < -0.4 is 5.23 Å². The molecule has 0 unspecified atom stereocenters. The third-order valence-electron chi connectivity index (χ3n) is 1.03. The van der Waals surface area contributed by atoms with Gasteiger partial charge < -0.3 is 10.3 Å². The number of benzene rings is 1. The highest BCUT2D eigenvalue weighted by molar-refractivity contribution is 6.15. The molecule has 0 amide bonds. The van der Waals surface area contributed by atoms with Crippen LogP contribution >= 0.6 is 0 Å². The number of phenols is 1. The summed E-state index contributed by atoms with van der Waals surface area (Å²) in [4.78, 5) is 0. The summed E-state index contributed by atoms with van der Waals surface area (Å²) in [5, 5.41) is 11.2. The van der Waals surface area contributed by atoms with Gasteiger partial charge >= 0.3 is 0 Å². The van der Waals surface area contributed by atoms with Crippen molar-refractivity contribution in [1.29, 1.82) is 0 Å². The van der Waals surface area contributed by atoms with Crippen LogP contribution in [0.1, 0.15) is 0 Å². The van der Waals surface area contributed by atoms with E-state index in [1.54, 1.807) is 24.3 Å². The Balaban J connectivity index is 2.88. The summed E-state index contributed by atoms with van der Waals surface area (Å²) in [5.41, 5.74) is 0.785. The number of nitrogens with one attached hydrogen (secondary N) is 1. The van der Waals surface area contributed by atoms with Gasteiger partial charge in [-0.05, 0) is 24.3 Å². The van der Waals surface area contributed by atoms with Crippen LogP contribution in [0.25, 0.3) is 0 Å². The van der Waals surface area contributed by atoms with Crippen molar-refractivity contribution in [3.05, 3.63) is 24.3 Å². The average molecular weight is 119 g/mol. The molecule has 2 radical (unpaired) electrons. The Morgan fingerprint density at radius 3 is 2.22 bits per heavy atom. The minimum Gasteiger partial charge on any atom is -0.508 e. The molecule has 0 heterocycles. The summed E-state index contributed by atoms with van der Waals surface area (Å²) in [7, 11) is 5.07. The second kappa shape index (κ2) is 2.44. The highest BCUT2D eigenvalue weighted by Crippen LogP contribution is 2.12. The lowest BCUT2D eigenvalue weighted by atomic mass is 10.2. The molecule has 0 fully saturated rings. The quantitative estimate of drug-likeness (QED) is 0.424. The predicted octanol–water partition coefficient (Wildman–Crippen LogP) is 0.888. The molecule has 2 N–H and O–H groups in total. The fraction of sp³-hybridized carbons (Fsp3) is 0. The molecule has 2 nitrogen and oxygen atoms in total. The molecule has 0 bridgehead atoms. The molecule has 0 aliphatic rings. The van der Waals surface area contributed by atoms with E-state index in [9.17, 15) is 0 Å². The van der Waals surface area contributed by atoms with E-state index in [0.29, 0.717) is 0 Å². The summed E-state index contributed by atoms with van der Waals surface area (Å²) in [6, 6.07) is 6.51. The van der Waals surface area contributed by atoms with Crippen molar-refractivity contribution in [2.24, 2.45) is 0 Å². The molecular weight excluding hydrogens is 113 g/mol. The van der Waals surface area contributed by atoms with Gasteiger partial charge in [-0.15, -0.1) is 0 Å². The van der Waals surface area contributed by atoms with Crippen molar-refractivity contribution in [2.45, 2.75) is 0 Å². The number of phenolic OH excluding ortho intramolecular Hbond substituents is 1. The lowest BCUT2D eigenvalue weighted by molar-refractivity contribution is 0.475. The summed E-state index contributed by atoms with van der Waals surface area (Å²) in [5.74, 6) is 0.244. The Labute approximate surface area is 54.9 Å². The largest absolute Gasteiger partial charge is 0.508 e. The van der Waals surface area contributed by atoms with Crippen molar-refractivity contribution in [2.75, 3.05) is 5.23 Å². The maximum absolute atomic E-state index is 8.78. The first-order chi connectivity index (χ1) is 4.33. The second-order valence-electron chi connectivity index (χ2n) is 1.69. The monoisotopic (exact) mass is 119 g/mol. The van der Waals surface area contributed by atoms with E-state index in [2.05, 4.69) is 5.23 Å². The first-order valence-electron chi connectivity index (χ1n) is 2.58. The highest BCUT2D eigenvalue weighted by atomic mass is 16.3. The van der Waals surface area contributed by atoms with Gasteiger partial charge in [-0.3, -0.25) is 0 Å². The van der Waals surface area contributed by atoms with Gasteiger partial charge in [0.2, 0.25) is 7.98 Å². The van der Waals surface area contributed by atoms with E-state index in [0.717, 1.165) is 5.69 Å². The fourth-order valence-corrected chi connectivity index (χ4v) is 0.558. The Bertz CT molecular complexity index is 185. The van der Waals surface area contributed by atoms with E-state index < -0.39 is 0 Å². The predicted molar refractivity (Wildman–Crippen MR) is 37.5 cm³/mol. The lowest BCUT2D eigenvalue weighted by Crippen LogP contribution is -1.87. The van der Waals surface area contributed by atoms with E-state index in [4.69, 9.17) is 13.1 Å². The normalized spacial score (nSPS) is 8.89. The molecule has 9 heavy (non-hydrogen) atoms. The fourth-order valence-electron chi connectivity index (χ4n) is 0.558. The van der Waals surface area contributed by atoms with Crippen molar-refractivity contribution in [3.8, 4) is 5.75 Å². The van der Waals surface area contributed by atoms with Crippen LogP contribution in [0.5, 0.6) is 5.75 Å². The molecule has 3 heteroatoms. The number of aromatic hydroxyl groups is 1. The molecule has 0 aromatic heterocycles. The molecule has 44 valence electrons. The Morgan fingerprint density at radius 2 is 1.78 bits per heavy atom. The Hall–Kier alpha value is -1.12. The van der Waals surface area contributed by atoms with Crippen LogP contribution in [0.4, 0.5) is 5.69 Å². The number of anilines is 1. The summed E-state index contributed by atoms with van der Waals surface area (Å²) in [6.07, 6.45) is 0. The van der Waals surface area contributed by atoms with Crippen molar-refractivity contribution >= 4 is 13.7 Å². The van der Waals surface area contributed by atoms with Crippen molar-refractivity contribution < 1.29 is 5.11 Å². The highest BCUT2D eigenvalue weighted by Gasteiger charge is 1.85. The zero-order valence-corrected chi connectivity index (χ0v) is 4.83. The summed E-state index contributed by atoms with van der Waals surface area (Å²) < 4.78 is 0. The average Bonchev–Trinajstić information content (AvgIpc) is 1.90. The maximum Gasteiger partial charge on any atom is 0.222 e. The van der Waals surface area contributed by atoms with Gasteiger partial charge in [0, 0.05) is 5.69 Å². The van der Waals surface area contributed by atoms with Crippen LogP contribution in [0.15, 0.2) is 24.3 Å². The second-order valence-corrected chi connectivity index (χ2v) is 1.69.